The molecule has 6 nitrogen and oxygen atoms in total. The highest BCUT2D eigenvalue weighted by Gasteiger charge is 2.24. The first-order valence-electron chi connectivity index (χ1n) is 5.90. The van der Waals surface area contributed by atoms with Crippen LogP contribution >= 0.6 is 0 Å². The zero-order chi connectivity index (χ0) is 12.9. The van der Waals surface area contributed by atoms with Crippen LogP contribution in [0.15, 0.2) is 17.1 Å². The van der Waals surface area contributed by atoms with E-state index in [0.717, 1.165) is 12.8 Å². The molecule has 0 unspecified atom stereocenters. The van der Waals surface area contributed by atoms with Crippen molar-refractivity contribution < 1.29 is 9.90 Å². The molecule has 2 aromatic rings. The molecule has 1 N–H and O–H groups in total. The average molecular weight is 247 g/mol. The molecule has 94 valence electrons. The van der Waals surface area contributed by atoms with Crippen molar-refractivity contribution in [1.29, 1.82) is 0 Å². The third-order valence-corrected chi connectivity index (χ3v) is 3.60. The van der Waals surface area contributed by atoms with E-state index in [1.807, 2.05) is 4.68 Å². The summed E-state index contributed by atoms with van der Waals surface area (Å²) >= 11 is 0. The molecule has 0 radical (unpaired) electrons. The van der Waals surface area contributed by atoms with Gasteiger partial charge in [-0.25, -0.2) is 9.48 Å². The molecule has 6 heteroatoms. The quantitative estimate of drug-likeness (QED) is 0.863. The first kappa shape index (κ1) is 11.0. The van der Waals surface area contributed by atoms with Crippen LogP contribution in [0.2, 0.25) is 0 Å². The first-order chi connectivity index (χ1) is 8.59. The Balaban J connectivity index is 2.30. The Labute approximate surface area is 102 Å². The van der Waals surface area contributed by atoms with Crippen LogP contribution in [-0.2, 0) is 7.05 Å². The van der Waals surface area contributed by atoms with Crippen LogP contribution in [0.5, 0.6) is 0 Å². The van der Waals surface area contributed by atoms with Gasteiger partial charge in [-0.05, 0) is 25.3 Å². The molecule has 1 saturated carbocycles. The lowest BCUT2D eigenvalue weighted by Gasteiger charge is -2.26. The lowest BCUT2D eigenvalue weighted by atomic mass is 9.93. The van der Waals surface area contributed by atoms with Gasteiger partial charge in [-0.2, -0.15) is 5.10 Å². The van der Waals surface area contributed by atoms with E-state index >= 15 is 0 Å². The van der Waals surface area contributed by atoms with E-state index in [0.29, 0.717) is 17.1 Å². The molecular weight excluding hydrogens is 234 g/mol. The Bertz CT molecular complexity index is 694. The number of pyridine rings is 1. The number of nitrogens with zero attached hydrogens (tertiary/aromatic N) is 3. The number of carbonyl (C=O) groups is 1. The third kappa shape index (κ3) is 1.38. The van der Waals surface area contributed by atoms with Gasteiger partial charge in [-0.1, -0.05) is 0 Å². The van der Waals surface area contributed by atoms with Gasteiger partial charge in [0.15, 0.2) is 0 Å². The molecule has 0 saturated heterocycles. The minimum absolute atomic E-state index is 0.210. The SMILES string of the molecule is Cn1c(=O)c(C(=O)O)cc2cnn(C3CCC3)c21. The summed E-state index contributed by atoms with van der Waals surface area (Å²) < 4.78 is 3.22. The van der Waals surface area contributed by atoms with Gasteiger partial charge in [-0.15, -0.1) is 0 Å². The number of fused-ring (bicyclic) bond motifs is 1. The lowest BCUT2D eigenvalue weighted by molar-refractivity contribution is 0.0694. The minimum Gasteiger partial charge on any atom is -0.477 e. The Morgan fingerprint density at radius 1 is 1.50 bits per heavy atom. The van der Waals surface area contributed by atoms with Crippen molar-refractivity contribution in [3.05, 3.63) is 28.2 Å². The largest absolute Gasteiger partial charge is 0.477 e. The number of hydrogen-bond donors (Lipinski definition) is 1. The summed E-state index contributed by atoms with van der Waals surface area (Å²) in [6.45, 7) is 0. The Morgan fingerprint density at radius 3 is 2.78 bits per heavy atom. The summed E-state index contributed by atoms with van der Waals surface area (Å²) in [6.07, 6.45) is 4.92. The third-order valence-electron chi connectivity index (χ3n) is 3.60. The standard InChI is InChI=1S/C12H13N3O3/c1-14-10-7(5-9(11(14)16)12(17)18)6-13-15(10)8-3-2-4-8/h5-6,8H,2-4H2,1H3,(H,17,18). The van der Waals surface area contributed by atoms with Gasteiger partial charge in [0, 0.05) is 12.4 Å². The fourth-order valence-electron chi connectivity index (χ4n) is 2.36. The number of carboxylic acid groups (broad SMARTS) is 1. The fourth-order valence-corrected chi connectivity index (χ4v) is 2.36. The van der Waals surface area contributed by atoms with Gasteiger partial charge in [0.05, 0.1) is 12.2 Å². The molecule has 18 heavy (non-hydrogen) atoms. The van der Waals surface area contributed by atoms with E-state index in [2.05, 4.69) is 5.10 Å². The summed E-state index contributed by atoms with van der Waals surface area (Å²) in [5.74, 6) is -1.20. The molecule has 0 spiro atoms. The van der Waals surface area contributed by atoms with Gasteiger partial charge in [0.2, 0.25) is 0 Å². The van der Waals surface area contributed by atoms with Crippen LogP contribution in [0.3, 0.4) is 0 Å². The summed E-state index contributed by atoms with van der Waals surface area (Å²) in [7, 11) is 1.59. The van der Waals surface area contributed by atoms with Crippen LogP contribution in [-0.4, -0.2) is 25.4 Å². The highest BCUT2D eigenvalue weighted by molar-refractivity contribution is 5.91. The smallest absolute Gasteiger partial charge is 0.341 e. The first-order valence-corrected chi connectivity index (χ1v) is 5.90. The van der Waals surface area contributed by atoms with Gasteiger partial charge >= 0.3 is 5.97 Å². The molecule has 0 aliphatic heterocycles. The molecule has 0 aromatic carbocycles. The van der Waals surface area contributed by atoms with Gasteiger partial charge in [-0.3, -0.25) is 9.36 Å². The van der Waals surface area contributed by atoms with Crippen molar-refractivity contribution in [2.24, 2.45) is 7.05 Å². The number of rotatable bonds is 2. The highest BCUT2D eigenvalue weighted by atomic mass is 16.4. The van der Waals surface area contributed by atoms with E-state index in [1.54, 1.807) is 13.2 Å². The summed E-state index contributed by atoms with van der Waals surface area (Å²) in [6, 6.07) is 1.74. The zero-order valence-corrected chi connectivity index (χ0v) is 9.96. The van der Waals surface area contributed by atoms with Gasteiger partial charge in [0.1, 0.15) is 11.2 Å². The molecule has 0 bridgehead atoms. The second kappa shape index (κ2) is 3.69. The highest BCUT2D eigenvalue weighted by Crippen LogP contribution is 2.33. The molecule has 1 aliphatic carbocycles. The molecular formula is C12H13N3O3. The monoisotopic (exact) mass is 247 g/mol. The van der Waals surface area contributed by atoms with E-state index in [4.69, 9.17) is 5.11 Å². The second-order valence-corrected chi connectivity index (χ2v) is 4.68. The molecule has 3 rings (SSSR count). The van der Waals surface area contributed by atoms with E-state index in [-0.39, 0.29) is 5.56 Å². The fraction of sp³-hybridized carbons (Fsp3) is 0.417. The maximum absolute atomic E-state index is 11.9. The van der Waals surface area contributed by atoms with Crippen LogP contribution in [0.1, 0.15) is 35.7 Å². The normalized spacial score (nSPS) is 15.8. The summed E-state index contributed by atoms with van der Waals surface area (Å²) in [4.78, 5) is 22.9. The van der Waals surface area contributed by atoms with Gasteiger partial charge in [0.25, 0.3) is 5.56 Å². The van der Waals surface area contributed by atoms with Crippen LogP contribution < -0.4 is 5.56 Å². The minimum atomic E-state index is -1.20. The van der Waals surface area contributed by atoms with Crippen molar-refractivity contribution >= 4 is 17.0 Å². The maximum atomic E-state index is 11.9. The van der Waals surface area contributed by atoms with Crippen molar-refractivity contribution in [1.82, 2.24) is 14.3 Å². The number of hydrogen-bond acceptors (Lipinski definition) is 3. The molecule has 1 aliphatic rings. The van der Waals surface area contributed by atoms with Crippen LogP contribution in [0.4, 0.5) is 0 Å². The van der Waals surface area contributed by atoms with Crippen molar-refractivity contribution in [3.8, 4) is 0 Å². The van der Waals surface area contributed by atoms with E-state index < -0.39 is 11.5 Å². The predicted molar refractivity (Wildman–Crippen MR) is 64.8 cm³/mol. The Morgan fingerprint density at radius 2 is 2.22 bits per heavy atom. The van der Waals surface area contributed by atoms with Crippen molar-refractivity contribution in [2.75, 3.05) is 0 Å². The molecule has 1 fully saturated rings. The average Bonchev–Trinajstić information content (AvgIpc) is 2.64. The van der Waals surface area contributed by atoms with E-state index in [9.17, 15) is 9.59 Å². The van der Waals surface area contributed by atoms with Crippen LogP contribution in [0.25, 0.3) is 11.0 Å². The molecule has 0 atom stereocenters. The number of aryl methyl sites for hydroxylation is 1. The molecule has 2 aromatic heterocycles. The van der Waals surface area contributed by atoms with E-state index in [1.165, 1.54) is 17.1 Å². The Kier molecular flexibility index (Phi) is 2.26. The van der Waals surface area contributed by atoms with Crippen LogP contribution in [0, 0.1) is 0 Å². The Hall–Kier alpha value is -2.11. The lowest BCUT2D eigenvalue weighted by Crippen LogP contribution is -2.27. The maximum Gasteiger partial charge on any atom is 0.341 e. The topological polar surface area (TPSA) is 77.1 Å². The molecule has 0 amide bonds. The number of aromatic carboxylic acids is 1. The van der Waals surface area contributed by atoms with Gasteiger partial charge < -0.3 is 5.11 Å². The number of carboxylic acids is 1. The predicted octanol–water partition coefficient (Wildman–Crippen LogP) is 1.16. The summed E-state index contributed by atoms with van der Waals surface area (Å²) in [5, 5.41) is 14.0. The summed E-state index contributed by atoms with van der Waals surface area (Å²) in [5.41, 5.74) is 0.00364. The van der Waals surface area contributed by atoms with Crippen molar-refractivity contribution in [3.63, 3.8) is 0 Å². The zero-order valence-electron chi connectivity index (χ0n) is 9.96. The number of aromatic nitrogens is 3. The molecule has 2 heterocycles. The second-order valence-electron chi connectivity index (χ2n) is 4.68. The van der Waals surface area contributed by atoms with Crippen molar-refractivity contribution in [2.45, 2.75) is 25.3 Å².